The highest BCUT2D eigenvalue weighted by molar-refractivity contribution is 6.21. The highest BCUT2D eigenvalue weighted by atomic mass is 35.5. The predicted molar refractivity (Wildman–Crippen MR) is 54.8 cm³/mol. The zero-order valence-electron chi connectivity index (χ0n) is 7.97. The first-order valence-corrected chi connectivity index (χ1v) is 5.20. The molecular weight excluding hydrogens is 218 g/mol. The average Bonchev–Trinajstić information content (AvgIpc) is 3.01. The van der Waals surface area contributed by atoms with Gasteiger partial charge in [-0.05, 0) is 18.8 Å². The van der Waals surface area contributed by atoms with E-state index in [2.05, 4.69) is 9.97 Å². The maximum atomic E-state index is 10.4. The summed E-state index contributed by atoms with van der Waals surface area (Å²) in [5, 5.41) is 10.4. The molecule has 1 saturated carbocycles. The van der Waals surface area contributed by atoms with Crippen molar-refractivity contribution in [3.8, 4) is 0 Å². The Morgan fingerprint density at radius 1 is 1.53 bits per heavy atom. The molecule has 5 nitrogen and oxygen atoms in total. The number of alkyl halides is 1. The first kappa shape index (κ1) is 10.3. The van der Waals surface area contributed by atoms with Crippen LogP contribution in [0, 0.1) is 16.0 Å². The molecule has 1 aliphatic carbocycles. The van der Waals surface area contributed by atoms with E-state index in [4.69, 9.17) is 11.6 Å². The Labute approximate surface area is 91.6 Å². The monoisotopic (exact) mass is 227 g/mol. The van der Waals surface area contributed by atoms with Crippen molar-refractivity contribution in [2.24, 2.45) is 5.92 Å². The number of aromatic nitrogens is 2. The Balaban J connectivity index is 1.99. The lowest BCUT2D eigenvalue weighted by molar-refractivity contribution is -0.385. The van der Waals surface area contributed by atoms with Crippen LogP contribution in [0.25, 0.3) is 0 Å². The van der Waals surface area contributed by atoms with E-state index in [9.17, 15) is 10.1 Å². The Kier molecular flexibility index (Phi) is 2.81. The number of nitrogens with zero attached hydrogens (tertiary/aromatic N) is 3. The number of halogens is 1. The van der Waals surface area contributed by atoms with Crippen LogP contribution < -0.4 is 0 Å². The third-order valence-corrected chi connectivity index (χ3v) is 2.92. The van der Waals surface area contributed by atoms with Crippen molar-refractivity contribution in [1.82, 2.24) is 9.97 Å². The number of hydrogen-bond donors (Lipinski definition) is 0. The van der Waals surface area contributed by atoms with Crippen molar-refractivity contribution in [2.45, 2.75) is 24.6 Å². The van der Waals surface area contributed by atoms with Gasteiger partial charge in [0.1, 0.15) is 18.2 Å². The molecule has 80 valence electrons. The molecule has 1 aromatic rings. The second kappa shape index (κ2) is 4.10. The smallest absolute Gasteiger partial charge is 0.258 e. The van der Waals surface area contributed by atoms with Crippen LogP contribution in [0.4, 0.5) is 5.69 Å². The molecule has 1 aromatic heterocycles. The fourth-order valence-corrected chi connectivity index (χ4v) is 1.74. The first-order valence-electron chi connectivity index (χ1n) is 4.76. The average molecular weight is 228 g/mol. The summed E-state index contributed by atoms with van der Waals surface area (Å²) in [4.78, 5) is 17.7. The van der Waals surface area contributed by atoms with Crippen LogP contribution in [0.5, 0.6) is 0 Å². The van der Waals surface area contributed by atoms with E-state index in [1.165, 1.54) is 25.2 Å². The number of rotatable bonds is 4. The maximum absolute atomic E-state index is 10.4. The van der Waals surface area contributed by atoms with Crippen molar-refractivity contribution in [2.75, 3.05) is 0 Å². The molecule has 0 amide bonds. The summed E-state index contributed by atoms with van der Waals surface area (Å²) in [6.45, 7) is 0. The molecule has 0 aliphatic heterocycles. The minimum atomic E-state index is -0.511. The SMILES string of the molecule is O=[N+]([O-])c1cnc(CC(Cl)C2CC2)nc1. The van der Waals surface area contributed by atoms with E-state index in [0.29, 0.717) is 18.2 Å². The van der Waals surface area contributed by atoms with Gasteiger partial charge in [0.25, 0.3) is 0 Å². The molecule has 1 fully saturated rings. The van der Waals surface area contributed by atoms with Gasteiger partial charge >= 0.3 is 5.69 Å². The molecule has 0 bridgehead atoms. The Hall–Kier alpha value is -1.23. The maximum Gasteiger partial charge on any atom is 0.305 e. The highest BCUT2D eigenvalue weighted by Gasteiger charge is 2.30. The van der Waals surface area contributed by atoms with Crippen molar-refractivity contribution >= 4 is 17.3 Å². The standard InChI is InChI=1S/C9H10ClN3O2/c10-8(6-1-2-6)3-9-11-4-7(5-12-9)13(14)15/h4-6,8H,1-3H2. The van der Waals surface area contributed by atoms with Crippen LogP contribution in [-0.2, 0) is 6.42 Å². The Morgan fingerprint density at radius 3 is 2.60 bits per heavy atom. The van der Waals surface area contributed by atoms with Gasteiger partial charge in [0.2, 0.25) is 0 Å². The Morgan fingerprint density at radius 2 is 2.13 bits per heavy atom. The summed E-state index contributed by atoms with van der Waals surface area (Å²) in [7, 11) is 0. The van der Waals surface area contributed by atoms with Crippen LogP contribution in [0.15, 0.2) is 12.4 Å². The van der Waals surface area contributed by atoms with Gasteiger partial charge in [-0.3, -0.25) is 10.1 Å². The summed E-state index contributed by atoms with van der Waals surface area (Å²) in [6, 6.07) is 0. The molecule has 1 heterocycles. The van der Waals surface area contributed by atoms with Gasteiger partial charge in [0.05, 0.1) is 4.92 Å². The number of nitro groups is 1. The molecule has 2 rings (SSSR count). The quantitative estimate of drug-likeness (QED) is 0.448. The van der Waals surface area contributed by atoms with E-state index in [-0.39, 0.29) is 11.1 Å². The normalized spacial score (nSPS) is 17.4. The molecule has 0 aromatic carbocycles. The fraction of sp³-hybridized carbons (Fsp3) is 0.556. The molecule has 0 radical (unpaired) electrons. The lowest BCUT2D eigenvalue weighted by Gasteiger charge is -2.05. The van der Waals surface area contributed by atoms with Gasteiger partial charge in [0.15, 0.2) is 0 Å². The van der Waals surface area contributed by atoms with Crippen LogP contribution in [0.2, 0.25) is 0 Å². The molecule has 1 aliphatic rings. The molecule has 0 saturated heterocycles. The zero-order valence-corrected chi connectivity index (χ0v) is 8.72. The molecule has 1 atom stereocenters. The largest absolute Gasteiger partial charge is 0.305 e. The molecule has 1 unspecified atom stereocenters. The Bertz CT molecular complexity index is 364. The summed E-state index contributed by atoms with van der Waals surface area (Å²) >= 11 is 6.10. The lowest BCUT2D eigenvalue weighted by Crippen LogP contribution is -2.09. The van der Waals surface area contributed by atoms with Crippen molar-refractivity contribution < 1.29 is 4.92 Å². The van der Waals surface area contributed by atoms with Crippen LogP contribution in [-0.4, -0.2) is 20.3 Å². The summed E-state index contributed by atoms with van der Waals surface area (Å²) < 4.78 is 0. The topological polar surface area (TPSA) is 68.9 Å². The molecule has 6 heteroatoms. The zero-order chi connectivity index (χ0) is 10.8. The van der Waals surface area contributed by atoms with Crippen LogP contribution in [0.1, 0.15) is 18.7 Å². The van der Waals surface area contributed by atoms with Crippen molar-refractivity contribution in [3.63, 3.8) is 0 Å². The van der Waals surface area contributed by atoms with Crippen LogP contribution in [0.3, 0.4) is 0 Å². The van der Waals surface area contributed by atoms with Gasteiger partial charge in [-0.2, -0.15) is 0 Å². The lowest BCUT2D eigenvalue weighted by atomic mass is 10.2. The van der Waals surface area contributed by atoms with Crippen LogP contribution >= 0.6 is 11.6 Å². The molecule has 15 heavy (non-hydrogen) atoms. The van der Waals surface area contributed by atoms with E-state index >= 15 is 0 Å². The number of hydrogen-bond acceptors (Lipinski definition) is 4. The van der Waals surface area contributed by atoms with E-state index in [1.54, 1.807) is 0 Å². The van der Waals surface area contributed by atoms with Gasteiger partial charge in [-0.25, -0.2) is 9.97 Å². The van der Waals surface area contributed by atoms with Gasteiger partial charge < -0.3 is 0 Å². The second-order valence-corrected chi connectivity index (χ2v) is 4.23. The van der Waals surface area contributed by atoms with Crippen molar-refractivity contribution in [3.05, 3.63) is 28.3 Å². The predicted octanol–water partition coefficient (Wildman–Crippen LogP) is 1.94. The van der Waals surface area contributed by atoms with Gasteiger partial charge in [-0.1, -0.05) is 0 Å². The summed E-state index contributed by atoms with van der Waals surface area (Å²) in [5.41, 5.74) is -0.0868. The minimum Gasteiger partial charge on any atom is -0.258 e. The molecule has 0 N–H and O–H groups in total. The van der Waals surface area contributed by atoms with E-state index < -0.39 is 4.92 Å². The third kappa shape index (κ3) is 2.62. The summed E-state index contributed by atoms with van der Waals surface area (Å²) in [6.07, 6.45) is 5.37. The summed E-state index contributed by atoms with van der Waals surface area (Å²) in [5.74, 6) is 1.15. The second-order valence-electron chi connectivity index (χ2n) is 3.67. The molecular formula is C9H10ClN3O2. The fourth-order valence-electron chi connectivity index (χ4n) is 1.35. The van der Waals surface area contributed by atoms with E-state index in [1.807, 2.05) is 0 Å². The molecule has 0 spiro atoms. The van der Waals surface area contributed by atoms with Gasteiger partial charge in [-0.15, -0.1) is 11.6 Å². The highest BCUT2D eigenvalue weighted by Crippen LogP contribution is 2.36. The van der Waals surface area contributed by atoms with E-state index in [0.717, 1.165) is 0 Å². The first-order chi connectivity index (χ1) is 7.16. The third-order valence-electron chi connectivity index (χ3n) is 2.41. The van der Waals surface area contributed by atoms with Gasteiger partial charge in [0, 0.05) is 11.8 Å². The minimum absolute atomic E-state index is 0.0615. The van der Waals surface area contributed by atoms with Crippen molar-refractivity contribution in [1.29, 1.82) is 0 Å².